The van der Waals surface area contributed by atoms with Crippen LogP contribution in [0.5, 0.6) is 0 Å². The van der Waals surface area contributed by atoms with E-state index in [1.807, 2.05) is 51.1 Å². The molecule has 5 nitrogen and oxygen atoms in total. The third-order valence-corrected chi connectivity index (χ3v) is 4.55. The number of fused-ring (bicyclic) bond motifs is 1. The van der Waals surface area contributed by atoms with E-state index in [0.717, 1.165) is 29.8 Å². The van der Waals surface area contributed by atoms with Crippen molar-refractivity contribution >= 4 is 23.8 Å². The molecule has 0 spiro atoms. The zero-order valence-electron chi connectivity index (χ0n) is 17.2. The number of amides is 1. The van der Waals surface area contributed by atoms with Gasteiger partial charge in [-0.15, -0.1) is 0 Å². The number of carbonyl (C=O) groups excluding carboxylic acids is 2. The van der Waals surface area contributed by atoms with Crippen LogP contribution in [0.25, 0.3) is 0 Å². The molecule has 3 rings (SSSR count). The van der Waals surface area contributed by atoms with Gasteiger partial charge < -0.3 is 4.90 Å². The van der Waals surface area contributed by atoms with E-state index in [0.29, 0.717) is 25.2 Å². The summed E-state index contributed by atoms with van der Waals surface area (Å²) in [6.07, 6.45) is 7.63. The average Bonchev–Trinajstić information content (AvgIpc) is 3.16. The highest BCUT2D eigenvalue weighted by atomic mass is 35.5. The molecule has 2 heterocycles. The number of rotatable bonds is 4. The van der Waals surface area contributed by atoms with Gasteiger partial charge in [0.15, 0.2) is 6.29 Å². The number of carbonyl (C=O) groups is 2. The van der Waals surface area contributed by atoms with Crippen molar-refractivity contribution in [3.8, 4) is 0 Å². The van der Waals surface area contributed by atoms with Crippen LogP contribution in [-0.2, 0) is 24.3 Å². The minimum atomic E-state index is -0.00357. The largest absolute Gasteiger partial charge is 0.331 e. The SMILES string of the molecule is CC.CC/C=C/C(=O)N1CCn2ncc(C=O)c2C1.CCc1ccccc1Cl. The van der Waals surface area contributed by atoms with Crippen LogP contribution in [-0.4, -0.2) is 33.4 Å². The Morgan fingerprint density at radius 1 is 1.21 bits per heavy atom. The Balaban J connectivity index is 0.000000301. The number of halogens is 1. The van der Waals surface area contributed by atoms with Crippen LogP contribution in [0.2, 0.25) is 5.02 Å². The Labute approximate surface area is 173 Å². The summed E-state index contributed by atoms with van der Waals surface area (Å²) < 4.78 is 1.79. The predicted molar refractivity (Wildman–Crippen MR) is 115 cm³/mol. The Morgan fingerprint density at radius 3 is 2.50 bits per heavy atom. The van der Waals surface area contributed by atoms with Gasteiger partial charge in [-0.05, 0) is 30.5 Å². The van der Waals surface area contributed by atoms with Gasteiger partial charge in [-0.25, -0.2) is 0 Å². The van der Waals surface area contributed by atoms with E-state index in [-0.39, 0.29) is 5.91 Å². The highest BCUT2D eigenvalue weighted by molar-refractivity contribution is 6.31. The summed E-state index contributed by atoms with van der Waals surface area (Å²) in [5.41, 5.74) is 2.62. The minimum Gasteiger partial charge on any atom is -0.331 e. The van der Waals surface area contributed by atoms with Crippen molar-refractivity contribution in [2.45, 2.75) is 53.6 Å². The fourth-order valence-corrected chi connectivity index (χ4v) is 2.93. The molecule has 0 saturated carbocycles. The van der Waals surface area contributed by atoms with Gasteiger partial charge in [0.05, 0.1) is 30.5 Å². The van der Waals surface area contributed by atoms with E-state index < -0.39 is 0 Å². The zero-order valence-corrected chi connectivity index (χ0v) is 17.9. The monoisotopic (exact) mass is 403 g/mol. The molecule has 0 saturated heterocycles. The van der Waals surface area contributed by atoms with Crippen LogP contribution in [0.3, 0.4) is 0 Å². The van der Waals surface area contributed by atoms with Crippen LogP contribution in [0.1, 0.15) is 55.7 Å². The molecule has 2 aromatic rings. The van der Waals surface area contributed by atoms with Crippen LogP contribution >= 0.6 is 11.6 Å². The summed E-state index contributed by atoms with van der Waals surface area (Å²) in [5.74, 6) is -0.00357. The Morgan fingerprint density at radius 2 is 1.93 bits per heavy atom. The molecular weight excluding hydrogens is 374 g/mol. The molecule has 28 heavy (non-hydrogen) atoms. The van der Waals surface area contributed by atoms with E-state index in [1.165, 1.54) is 5.56 Å². The first-order valence-corrected chi connectivity index (χ1v) is 10.2. The summed E-state index contributed by atoms with van der Waals surface area (Å²) in [7, 11) is 0. The first-order valence-electron chi connectivity index (χ1n) is 9.79. The molecule has 1 aliphatic rings. The second-order valence-corrected chi connectivity index (χ2v) is 6.31. The first kappa shape index (κ1) is 23.6. The molecule has 0 fully saturated rings. The van der Waals surface area contributed by atoms with Crippen molar-refractivity contribution < 1.29 is 9.59 Å². The number of hydrogen-bond acceptors (Lipinski definition) is 3. The maximum absolute atomic E-state index is 11.8. The van der Waals surface area contributed by atoms with Gasteiger partial charge in [-0.1, -0.05) is 63.6 Å². The predicted octanol–water partition coefficient (Wildman–Crippen LogP) is 4.93. The van der Waals surface area contributed by atoms with Crippen LogP contribution < -0.4 is 0 Å². The highest BCUT2D eigenvalue weighted by Crippen LogP contribution is 2.15. The zero-order chi connectivity index (χ0) is 20.9. The van der Waals surface area contributed by atoms with Gasteiger partial charge in [0.25, 0.3) is 0 Å². The summed E-state index contributed by atoms with van der Waals surface area (Å²) >= 11 is 5.82. The molecule has 1 aliphatic heterocycles. The van der Waals surface area contributed by atoms with Crippen LogP contribution in [0.15, 0.2) is 42.6 Å². The van der Waals surface area contributed by atoms with Gasteiger partial charge in [-0.2, -0.15) is 5.10 Å². The maximum Gasteiger partial charge on any atom is 0.246 e. The summed E-state index contributed by atoms with van der Waals surface area (Å²) in [5, 5.41) is 4.99. The van der Waals surface area contributed by atoms with Crippen LogP contribution in [0, 0.1) is 0 Å². The third kappa shape index (κ3) is 6.64. The Bertz CT molecular complexity index is 784. The minimum absolute atomic E-state index is 0.00357. The second kappa shape index (κ2) is 12.9. The highest BCUT2D eigenvalue weighted by Gasteiger charge is 2.22. The molecule has 0 radical (unpaired) electrons. The lowest BCUT2D eigenvalue weighted by molar-refractivity contribution is -0.127. The van der Waals surface area contributed by atoms with Crippen molar-refractivity contribution in [2.24, 2.45) is 0 Å². The molecule has 1 aromatic carbocycles. The van der Waals surface area contributed by atoms with Gasteiger partial charge in [0.2, 0.25) is 5.91 Å². The molecule has 0 bridgehead atoms. The molecule has 1 amide bonds. The van der Waals surface area contributed by atoms with E-state index in [1.54, 1.807) is 21.9 Å². The molecule has 1 aromatic heterocycles. The van der Waals surface area contributed by atoms with Crippen molar-refractivity contribution in [1.29, 1.82) is 0 Å². The molecule has 6 heteroatoms. The van der Waals surface area contributed by atoms with E-state index >= 15 is 0 Å². The third-order valence-electron chi connectivity index (χ3n) is 4.18. The summed E-state index contributed by atoms with van der Waals surface area (Å²) in [6.45, 7) is 9.83. The lowest BCUT2D eigenvalue weighted by Crippen LogP contribution is -2.37. The first-order chi connectivity index (χ1) is 13.6. The Hall–Kier alpha value is -2.40. The number of aryl methyl sites for hydroxylation is 1. The lowest BCUT2D eigenvalue weighted by atomic mass is 10.2. The molecule has 0 N–H and O–H groups in total. The number of nitrogens with zero attached hydrogens (tertiary/aromatic N) is 3. The topological polar surface area (TPSA) is 55.2 Å². The molecule has 0 unspecified atom stereocenters. The van der Waals surface area contributed by atoms with Gasteiger partial charge >= 0.3 is 0 Å². The standard InChI is InChI=1S/C12H15N3O2.C8H9Cl.C2H6/c1-2-3-4-12(17)14-5-6-15-11(8-14)10(9-16)7-13-15;1-2-7-5-3-4-6-8(7)9;1-2/h3-4,7,9H,2,5-6,8H2,1H3;3-6H,2H2,1H3;1-2H3/b4-3+;;. The average molecular weight is 404 g/mol. The molecule has 0 aliphatic carbocycles. The fourth-order valence-electron chi connectivity index (χ4n) is 2.66. The van der Waals surface area contributed by atoms with Gasteiger partial charge in [0.1, 0.15) is 0 Å². The normalized spacial score (nSPS) is 12.4. The van der Waals surface area contributed by atoms with Crippen molar-refractivity contribution in [2.75, 3.05) is 6.54 Å². The number of aldehydes is 1. The summed E-state index contributed by atoms with van der Waals surface area (Å²) in [6, 6.07) is 7.91. The van der Waals surface area contributed by atoms with E-state index in [2.05, 4.69) is 12.0 Å². The van der Waals surface area contributed by atoms with Crippen molar-refractivity contribution in [1.82, 2.24) is 14.7 Å². The fraction of sp³-hybridized carbons (Fsp3) is 0.409. The quantitative estimate of drug-likeness (QED) is 0.537. The summed E-state index contributed by atoms with van der Waals surface area (Å²) in [4.78, 5) is 24.4. The van der Waals surface area contributed by atoms with E-state index in [9.17, 15) is 9.59 Å². The van der Waals surface area contributed by atoms with Crippen LogP contribution in [0.4, 0.5) is 0 Å². The maximum atomic E-state index is 11.8. The van der Waals surface area contributed by atoms with Crippen molar-refractivity contribution in [3.05, 3.63) is 64.5 Å². The molecule has 0 atom stereocenters. The van der Waals surface area contributed by atoms with Gasteiger partial charge in [0, 0.05) is 11.6 Å². The molecular formula is C22H30ClN3O2. The smallest absolute Gasteiger partial charge is 0.246 e. The lowest BCUT2D eigenvalue weighted by Gasteiger charge is -2.27. The number of hydrogen-bond donors (Lipinski definition) is 0. The number of allylic oxidation sites excluding steroid dienone is 1. The Kier molecular flexibility index (Phi) is 10.9. The van der Waals surface area contributed by atoms with Gasteiger partial charge in [-0.3, -0.25) is 14.3 Å². The van der Waals surface area contributed by atoms with Crippen molar-refractivity contribution in [3.63, 3.8) is 0 Å². The molecule has 152 valence electrons. The number of benzene rings is 1. The van der Waals surface area contributed by atoms with E-state index in [4.69, 9.17) is 11.6 Å². The number of aromatic nitrogens is 2. The second-order valence-electron chi connectivity index (χ2n) is 5.90.